The fourth-order valence-electron chi connectivity index (χ4n) is 3.37. The monoisotopic (exact) mass is 483 g/mol. The van der Waals surface area contributed by atoms with Gasteiger partial charge in [0.2, 0.25) is 0 Å². The van der Waals surface area contributed by atoms with E-state index in [0.717, 1.165) is 11.1 Å². The average molecular weight is 484 g/mol. The van der Waals surface area contributed by atoms with E-state index in [4.69, 9.17) is 4.98 Å². The van der Waals surface area contributed by atoms with E-state index in [1.165, 1.54) is 17.4 Å². The minimum absolute atomic E-state index is 0.218. The number of hydrogen-bond acceptors (Lipinski definition) is 8. The lowest BCUT2D eigenvalue weighted by atomic mass is 10.1. The van der Waals surface area contributed by atoms with Gasteiger partial charge >= 0.3 is 0 Å². The predicted octanol–water partition coefficient (Wildman–Crippen LogP) is 4.45. The first kappa shape index (κ1) is 20.7. The van der Waals surface area contributed by atoms with Crippen LogP contribution in [0, 0.1) is 0 Å². The largest absolute Gasteiger partial charge is 0.298 e. The molecule has 32 heavy (non-hydrogen) atoms. The second kappa shape index (κ2) is 7.76. The standard InChI is InChI=1S/C21H17N5O3S3/c1-3-26-19-14(11-22-26)13(10-16(23-19)17-5-4-8-30-17)20(27)25-21-24-15-7-6-12(32(2,28)29)9-18(15)31-21/h4-11H,3H2,1-2H3,(H,24,25,27). The maximum atomic E-state index is 13.2. The number of hydrogen-bond donors (Lipinski definition) is 1. The third-order valence-electron chi connectivity index (χ3n) is 4.94. The molecule has 8 nitrogen and oxygen atoms in total. The van der Waals surface area contributed by atoms with E-state index < -0.39 is 9.84 Å². The molecule has 0 aliphatic heterocycles. The third kappa shape index (κ3) is 3.68. The smallest absolute Gasteiger partial charge is 0.258 e. The Morgan fingerprint density at radius 3 is 2.75 bits per heavy atom. The van der Waals surface area contributed by atoms with Crippen LogP contribution in [0.5, 0.6) is 0 Å². The molecule has 0 saturated heterocycles. The van der Waals surface area contributed by atoms with Gasteiger partial charge in [0.05, 0.1) is 42.8 Å². The van der Waals surface area contributed by atoms with Crippen LogP contribution in [-0.4, -0.2) is 40.3 Å². The van der Waals surface area contributed by atoms with Crippen molar-refractivity contribution >= 4 is 64.8 Å². The number of sulfone groups is 1. The fraction of sp³-hybridized carbons (Fsp3) is 0.143. The van der Waals surface area contributed by atoms with E-state index in [1.54, 1.807) is 40.4 Å². The van der Waals surface area contributed by atoms with Gasteiger partial charge in [0.15, 0.2) is 20.6 Å². The topological polar surface area (TPSA) is 107 Å². The Kier molecular flexibility index (Phi) is 5.03. The number of carbonyl (C=O) groups is 1. The van der Waals surface area contributed by atoms with Crippen molar-refractivity contribution in [1.82, 2.24) is 19.7 Å². The summed E-state index contributed by atoms with van der Waals surface area (Å²) in [6.45, 7) is 2.60. The van der Waals surface area contributed by atoms with Gasteiger partial charge in [-0.3, -0.25) is 10.1 Å². The van der Waals surface area contributed by atoms with Gasteiger partial charge in [0.1, 0.15) is 0 Å². The number of benzene rings is 1. The summed E-state index contributed by atoms with van der Waals surface area (Å²) in [5, 5.41) is 10.2. The number of nitrogens with one attached hydrogen (secondary N) is 1. The number of aromatic nitrogens is 4. The van der Waals surface area contributed by atoms with Crippen molar-refractivity contribution in [2.45, 2.75) is 18.4 Å². The van der Waals surface area contributed by atoms with E-state index in [2.05, 4.69) is 15.4 Å². The number of nitrogens with zero attached hydrogens (tertiary/aromatic N) is 4. The van der Waals surface area contributed by atoms with Gasteiger partial charge in [-0.25, -0.2) is 23.1 Å². The maximum absolute atomic E-state index is 13.2. The normalized spacial score (nSPS) is 11.9. The molecular formula is C21H17N5O3S3. The molecule has 0 fully saturated rings. The Balaban J connectivity index is 1.55. The summed E-state index contributed by atoms with van der Waals surface area (Å²) in [6.07, 6.45) is 2.81. The van der Waals surface area contributed by atoms with Crippen LogP contribution in [0.3, 0.4) is 0 Å². The van der Waals surface area contributed by atoms with Crippen molar-refractivity contribution in [2.24, 2.45) is 0 Å². The van der Waals surface area contributed by atoms with Gasteiger partial charge in [-0.05, 0) is 42.6 Å². The van der Waals surface area contributed by atoms with E-state index in [-0.39, 0.29) is 10.8 Å². The summed E-state index contributed by atoms with van der Waals surface area (Å²) in [5.41, 5.74) is 2.42. The van der Waals surface area contributed by atoms with E-state index in [9.17, 15) is 13.2 Å². The number of carbonyl (C=O) groups excluding carboxylic acids is 1. The van der Waals surface area contributed by atoms with Gasteiger partial charge in [0, 0.05) is 12.8 Å². The lowest BCUT2D eigenvalue weighted by molar-refractivity contribution is 0.102. The number of fused-ring (bicyclic) bond motifs is 2. The Morgan fingerprint density at radius 1 is 1.19 bits per heavy atom. The van der Waals surface area contributed by atoms with E-state index >= 15 is 0 Å². The Hall–Kier alpha value is -3.15. The summed E-state index contributed by atoms with van der Waals surface area (Å²) >= 11 is 2.77. The number of rotatable bonds is 5. The summed E-state index contributed by atoms with van der Waals surface area (Å²) in [6, 6.07) is 10.4. The van der Waals surface area contributed by atoms with Crippen LogP contribution >= 0.6 is 22.7 Å². The summed E-state index contributed by atoms with van der Waals surface area (Å²) < 4.78 is 26.1. The minimum Gasteiger partial charge on any atom is -0.298 e. The van der Waals surface area contributed by atoms with Crippen LogP contribution in [0.2, 0.25) is 0 Å². The van der Waals surface area contributed by atoms with Crippen molar-refractivity contribution in [3.05, 3.63) is 53.5 Å². The highest BCUT2D eigenvalue weighted by molar-refractivity contribution is 7.90. The average Bonchev–Trinajstić information content (AvgIpc) is 3.50. The highest BCUT2D eigenvalue weighted by Gasteiger charge is 2.19. The van der Waals surface area contributed by atoms with Crippen molar-refractivity contribution in [2.75, 3.05) is 11.6 Å². The molecular weight excluding hydrogens is 466 g/mol. The molecule has 0 radical (unpaired) electrons. The third-order valence-corrected chi connectivity index (χ3v) is 7.87. The molecule has 162 valence electrons. The molecule has 0 spiro atoms. The molecule has 1 aromatic carbocycles. The lowest BCUT2D eigenvalue weighted by Crippen LogP contribution is -2.13. The van der Waals surface area contributed by atoms with Crippen LogP contribution < -0.4 is 5.32 Å². The zero-order valence-electron chi connectivity index (χ0n) is 17.1. The summed E-state index contributed by atoms with van der Waals surface area (Å²) in [7, 11) is -3.33. The molecule has 5 aromatic rings. The molecule has 0 bridgehead atoms. The molecule has 4 aromatic heterocycles. The second-order valence-corrected chi connectivity index (χ2v) is 11.1. The number of anilines is 1. The van der Waals surface area contributed by atoms with Gasteiger partial charge in [-0.15, -0.1) is 11.3 Å². The summed E-state index contributed by atoms with van der Waals surface area (Å²) in [5.74, 6) is -0.326. The number of amides is 1. The minimum atomic E-state index is -3.33. The van der Waals surface area contributed by atoms with Gasteiger partial charge in [-0.2, -0.15) is 5.10 Å². The van der Waals surface area contributed by atoms with Crippen molar-refractivity contribution in [1.29, 1.82) is 0 Å². The molecule has 11 heteroatoms. The highest BCUT2D eigenvalue weighted by atomic mass is 32.2. The molecule has 1 N–H and O–H groups in total. The number of pyridine rings is 1. The Labute approximate surface area is 191 Å². The lowest BCUT2D eigenvalue weighted by Gasteiger charge is -2.07. The van der Waals surface area contributed by atoms with Crippen LogP contribution in [0.1, 0.15) is 17.3 Å². The molecule has 0 atom stereocenters. The first-order chi connectivity index (χ1) is 15.3. The van der Waals surface area contributed by atoms with Crippen molar-refractivity contribution in [3.8, 4) is 10.6 Å². The first-order valence-corrected chi connectivity index (χ1v) is 13.2. The first-order valence-electron chi connectivity index (χ1n) is 9.66. The zero-order chi connectivity index (χ0) is 22.5. The van der Waals surface area contributed by atoms with Crippen LogP contribution in [0.15, 0.2) is 52.9 Å². The van der Waals surface area contributed by atoms with E-state index in [1.807, 2.05) is 24.4 Å². The number of aryl methyl sites for hydroxylation is 1. The van der Waals surface area contributed by atoms with Gasteiger partial charge in [-0.1, -0.05) is 17.4 Å². The predicted molar refractivity (Wildman–Crippen MR) is 127 cm³/mol. The second-order valence-electron chi connectivity index (χ2n) is 7.10. The molecule has 1 amide bonds. The molecule has 0 aliphatic rings. The molecule has 0 aliphatic carbocycles. The molecule has 0 unspecified atom stereocenters. The van der Waals surface area contributed by atoms with Crippen LogP contribution in [-0.2, 0) is 16.4 Å². The van der Waals surface area contributed by atoms with Crippen LogP contribution in [0.4, 0.5) is 5.13 Å². The maximum Gasteiger partial charge on any atom is 0.258 e. The SMILES string of the molecule is CCn1ncc2c(C(=O)Nc3nc4ccc(S(C)(=O)=O)cc4s3)cc(-c3cccs3)nc21. The van der Waals surface area contributed by atoms with Crippen molar-refractivity contribution in [3.63, 3.8) is 0 Å². The quantitative estimate of drug-likeness (QED) is 0.396. The number of thiophene rings is 1. The molecule has 5 rings (SSSR count). The van der Waals surface area contributed by atoms with E-state index in [0.29, 0.717) is 44.2 Å². The molecule has 0 saturated carbocycles. The van der Waals surface area contributed by atoms with Gasteiger partial charge < -0.3 is 0 Å². The highest BCUT2D eigenvalue weighted by Crippen LogP contribution is 2.31. The summed E-state index contributed by atoms with van der Waals surface area (Å²) in [4.78, 5) is 23.6. The zero-order valence-corrected chi connectivity index (χ0v) is 19.5. The van der Waals surface area contributed by atoms with Gasteiger partial charge in [0.25, 0.3) is 5.91 Å². The Bertz CT molecular complexity index is 1580. The number of thiazole rings is 1. The van der Waals surface area contributed by atoms with Crippen LogP contribution in [0.25, 0.3) is 31.8 Å². The Morgan fingerprint density at radius 2 is 2.03 bits per heavy atom. The van der Waals surface area contributed by atoms with Crippen molar-refractivity contribution < 1.29 is 13.2 Å². The fourth-order valence-corrected chi connectivity index (χ4v) is 5.68. The molecule has 4 heterocycles.